The van der Waals surface area contributed by atoms with Crippen LogP contribution in [-0.2, 0) is 14.3 Å². The molecule has 1 aliphatic heterocycles. The van der Waals surface area contributed by atoms with Gasteiger partial charge >= 0.3 is 5.97 Å². The molecule has 1 rings (SSSR count). The molecule has 1 amide bonds. The van der Waals surface area contributed by atoms with Gasteiger partial charge in [-0.2, -0.15) is 5.26 Å². The normalized spacial score (nSPS) is 20.0. The van der Waals surface area contributed by atoms with Gasteiger partial charge in [-0.05, 0) is 19.8 Å². The lowest BCUT2D eigenvalue weighted by molar-refractivity contribution is -0.151. The molecule has 0 aromatic carbocycles. The van der Waals surface area contributed by atoms with Crippen molar-refractivity contribution in [1.82, 2.24) is 4.90 Å². The quantitative estimate of drug-likeness (QED) is 0.662. The number of esters is 1. The molecule has 1 heterocycles. The van der Waals surface area contributed by atoms with Crippen LogP contribution in [0.15, 0.2) is 0 Å². The highest BCUT2D eigenvalue weighted by Gasteiger charge is 2.28. The summed E-state index contributed by atoms with van der Waals surface area (Å²) < 4.78 is 4.93. The maximum atomic E-state index is 11.5. The first-order valence-corrected chi connectivity index (χ1v) is 5.50. The highest BCUT2D eigenvalue weighted by molar-refractivity contribution is 5.80. The van der Waals surface area contributed by atoms with Gasteiger partial charge in [-0.3, -0.25) is 9.59 Å². The highest BCUT2D eigenvalue weighted by atomic mass is 16.5. The minimum atomic E-state index is -0.239. The number of carbonyl (C=O) groups excluding carboxylic acids is 2. The summed E-state index contributed by atoms with van der Waals surface area (Å²) in [5.74, 6) is -0.662. The molecule has 5 heteroatoms. The second-order valence-corrected chi connectivity index (χ2v) is 3.77. The van der Waals surface area contributed by atoms with Crippen LogP contribution in [0.5, 0.6) is 0 Å². The van der Waals surface area contributed by atoms with Gasteiger partial charge in [-0.1, -0.05) is 0 Å². The summed E-state index contributed by atoms with van der Waals surface area (Å²) in [7, 11) is 0. The first-order chi connectivity index (χ1) is 7.69. The maximum absolute atomic E-state index is 11.5. The molecule has 1 unspecified atom stereocenters. The van der Waals surface area contributed by atoms with Crippen molar-refractivity contribution in [3.8, 4) is 6.07 Å². The van der Waals surface area contributed by atoms with E-state index in [0.29, 0.717) is 19.7 Å². The predicted molar refractivity (Wildman–Crippen MR) is 56.2 cm³/mol. The van der Waals surface area contributed by atoms with Crippen LogP contribution < -0.4 is 0 Å². The van der Waals surface area contributed by atoms with Gasteiger partial charge in [0.1, 0.15) is 6.42 Å². The number of amides is 1. The van der Waals surface area contributed by atoms with E-state index < -0.39 is 0 Å². The predicted octanol–water partition coefficient (Wildman–Crippen LogP) is 0.702. The van der Waals surface area contributed by atoms with E-state index in [4.69, 9.17) is 10.00 Å². The van der Waals surface area contributed by atoms with Crippen molar-refractivity contribution in [2.45, 2.75) is 26.2 Å². The highest BCUT2D eigenvalue weighted by Crippen LogP contribution is 2.18. The van der Waals surface area contributed by atoms with Crippen LogP contribution in [-0.4, -0.2) is 36.5 Å². The monoisotopic (exact) mass is 224 g/mol. The van der Waals surface area contributed by atoms with Crippen LogP contribution in [0.25, 0.3) is 0 Å². The van der Waals surface area contributed by atoms with Crippen LogP contribution in [0, 0.1) is 17.2 Å². The van der Waals surface area contributed by atoms with Gasteiger partial charge in [0.15, 0.2) is 0 Å². The summed E-state index contributed by atoms with van der Waals surface area (Å²) >= 11 is 0. The molecule has 0 N–H and O–H groups in total. The first kappa shape index (κ1) is 12.5. The van der Waals surface area contributed by atoms with Crippen molar-refractivity contribution in [3.63, 3.8) is 0 Å². The van der Waals surface area contributed by atoms with Gasteiger partial charge in [0.05, 0.1) is 18.6 Å². The Bertz CT molecular complexity index is 309. The first-order valence-electron chi connectivity index (χ1n) is 5.50. The number of nitrogens with zero attached hydrogens (tertiary/aromatic N) is 2. The number of hydrogen-bond donors (Lipinski definition) is 0. The molecule has 5 nitrogen and oxygen atoms in total. The Kier molecular flexibility index (Phi) is 4.77. The van der Waals surface area contributed by atoms with E-state index in [1.165, 1.54) is 0 Å². The third kappa shape index (κ3) is 3.23. The number of piperidine rings is 1. The number of nitriles is 1. The van der Waals surface area contributed by atoms with Crippen molar-refractivity contribution in [2.24, 2.45) is 5.92 Å². The second kappa shape index (κ2) is 6.11. The minimum Gasteiger partial charge on any atom is -0.466 e. The van der Waals surface area contributed by atoms with Gasteiger partial charge in [0, 0.05) is 13.1 Å². The van der Waals surface area contributed by atoms with Crippen LogP contribution in [0.1, 0.15) is 26.2 Å². The fourth-order valence-electron chi connectivity index (χ4n) is 1.84. The van der Waals surface area contributed by atoms with Crippen molar-refractivity contribution < 1.29 is 14.3 Å². The SMILES string of the molecule is CCOC(=O)C1CCCN(C(=O)CC#N)C1. The van der Waals surface area contributed by atoms with Crippen molar-refractivity contribution in [3.05, 3.63) is 0 Å². The van der Waals surface area contributed by atoms with E-state index >= 15 is 0 Å². The molecule has 1 fully saturated rings. The summed E-state index contributed by atoms with van der Waals surface area (Å²) in [6, 6.07) is 1.83. The summed E-state index contributed by atoms with van der Waals surface area (Å²) in [5.41, 5.74) is 0. The molecule has 0 aromatic rings. The van der Waals surface area contributed by atoms with E-state index in [9.17, 15) is 9.59 Å². The Morgan fingerprint density at radius 1 is 1.56 bits per heavy atom. The van der Waals surface area contributed by atoms with E-state index in [2.05, 4.69) is 0 Å². The fourth-order valence-corrected chi connectivity index (χ4v) is 1.84. The molecule has 88 valence electrons. The molecule has 16 heavy (non-hydrogen) atoms. The third-order valence-electron chi connectivity index (χ3n) is 2.62. The van der Waals surface area contributed by atoms with Gasteiger partial charge in [0.2, 0.25) is 5.91 Å². The molecule has 0 spiro atoms. The lowest BCUT2D eigenvalue weighted by Crippen LogP contribution is -2.42. The molecule has 1 atom stereocenters. The molecular weight excluding hydrogens is 208 g/mol. The summed E-state index contributed by atoms with van der Waals surface area (Å²) in [5, 5.41) is 8.44. The molecular formula is C11H16N2O3. The van der Waals surface area contributed by atoms with Crippen LogP contribution >= 0.6 is 0 Å². The number of likely N-dealkylation sites (tertiary alicyclic amines) is 1. The topological polar surface area (TPSA) is 70.4 Å². The fraction of sp³-hybridized carbons (Fsp3) is 0.727. The molecule has 0 saturated carbocycles. The van der Waals surface area contributed by atoms with Gasteiger partial charge in [0.25, 0.3) is 0 Å². The molecule has 0 bridgehead atoms. The molecule has 0 aromatic heterocycles. The van der Waals surface area contributed by atoms with E-state index in [1.807, 2.05) is 6.07 Å². The average Bonchev–Trinajstić information content (AvgIpc) is 2.30. The van der Waals surface area contributed by atoms with Crippen LogP contribution in [0.4, 0.5) is 0 Å². The molecule has 1 aliphatic rings. The Morgan fingerprint density at radius 2 is 2.31 bits per heavy atom. The van der Waals surface area contributed by atoms with Crippen molar-refractivity contribution >= 4 is 11.9 Å². The number of carbonyl (C=O) groups is 2. The standard InChI is InChI=1S/C11H16N2O3/c1-2-16-11(15)9-4-3-7-13(8-9)10(14)5-6-12/h9H,2-5,7-8H2,1H3. The zero-order valence-electron chi connectivity index (χ0n) is 9.44. The van der Waals surface area contributed by atoms with E-state index in [0.717, 1.165) is 12.8 Å². The Morgan fingerprint density at radius 3 is 2.94 bits per heavy atom. The number of ether oxygens (including phenoxy) is 1. The zero-order valence-corrected chi connectivity index (χ0v) is 9.44. The van der Waals surface area contributed by atoms with Crippen molar-refractivity contribution in [1.29, 1.82) is 5.26 Å². The summed E-state index contributed by atoms with van der Waals surface area (Å²) in [6.07, 6.45) is 1.44. The van der Waals surface area contributed by atoms with Crippen LogP contribution in [0.2, 0.25) is 0 Å². The average molecular weight is 224 g/mol. The lowest BCUT2D eigenvalue weighted by Gasteiger charge is -2.31. The summed E-state index contributed by atoms with van der Waals surface area (Å²) in [6.45, 7) is 3.15. The van der Waals surface area contributed by atoms with Gasteiger partial charge in [-0.25, -0.2) is 0 Å². The molecule has 0 radical (unpaired) electrons. The Hall–Kier alpha value is -1.57. The van der Waals surface area contributed by atoms with Crippen molar-refractivity contribution in [2.75, 3.05) is 19.7 Å². The lowest BCUT2D eigenvalue weighted by atomic mass is 9.98. The number of rotatable bonds is 3. The Balaban J connectivity index is 2.50. The van der Waals surface area contributed by atoms with Crippen LogP contribution in [0.3, 0.4) is 0 Å². The van der Waals surface area contributed by atoms with Gasteiger partial charge < -0.3 is 9.64 Å². The largest absolute Gasteiger partial charge is 0.466 e. The third-order valence-corrected chi connectivity index (χ3v) is 2.62. The smallest absolute Gasteiger partial charge is 0.310 e. The van der Waals surface area contributed by atoms with Gasteiger partial charge in [-0.15, -0.1) is 0 Å². The van der Waals surface area contributed by atoms with E-state index in [1.54, 1.807) is 11.8 Å². The molecule has 1 saturated heterocycles. The minimum absolute atomic E-state index is 0.116. The maximum Gasteiger partial charge on any atom is 0.310 e. The Labute approximate surface area is 95.0 Å². The number of hydrogen-bond acceptors (Lipinski definition) is 4. The second-order valence-electron chi connectivity index (χ2n) is 3.77. The van der Waals surface area contributed by atoms with E-state index in [-0.39, 0.29) is 24.2 Å². The zero-order chi connectivity index (χ0) is 12.0. The summed E-state index contributed by atoms with van der Waals surface area (Å²) in [4.78, 5) is 24.6. The molecule has 0 aliphatic carbocycles.